The van der Waals surface area contributed by atoms with E-state index in [4.69, 9.17) is 4.74 Å². The molecule has 24 heavy (non-hydrogen) atoms. The third kappa shape index (κ3) is 3.00. The van der Waals surface area contributed by atoms with Gasteiger partial charge in [-0.25, -0.2) is 0 Å². The molecule has 2 aromatic carbocycles. The minimum absolute atomic E-state index is 0.138. The average molecular weight is 321 g/mol. The van der Waals surface area contributed by atoms with Crippen LogP contribution >= 0.6 is 0 Å². The number of hydrogen-bond donors (Lipinski definition) is 0. The van der Waals surface area contributed by atoms with E-state index in [9.17, 15) is 9.59 Å². The quantitative estimate of drug-likeness (QED) is 0.626. The Morgan fingerprint density at radius 2 is 1.58 bits per heavy atom. The molecule has 1 aliphatic carbocycles. The van der Waals surface area contributed by atoms with Gasteiger partial charge in [0.25, 0.3) is 0 Å². The van der Waals surface area contributed by atoms with Crippen LogP contribution in [0.4, 0.5) is 0 Å². The Morgan fingerprint density at radius 3 is 2.12 bits per heavy atom. The number of aliphatic imine (C=N–C) groups is 1. The molecule has 0 saturated heterocycles. The van der Waals surface area contributed by atoms with Crippen molar-refractivity contribution in [2.75, 3.05) is 13.7 Å². The molecule has 0 amide bonds. The Balaban J connectivity index is 1.68. The van der Waals surface area contributed by atoms with Gasteiger partial charge in [0.2, 0.25) is 0 Å². The monoisotopic (exact) mass is 321 g/mol. The fraction of sp³-hybridized carbons (Fsp3) is 0.250. The van der Waals surface area contributed by atoms with Crippen LogP contribution in [-0.2, 0) is 6.42 Å². The van der Waals surface area contributed by atoms with Gasteiger partial charge in [0, 0.05) is 23.4 Å². The zero-order valence-corrected chi connectivity index (χ0v) is 13.8. The maximum atomic E-state index is 12.4. The summed E-state index contributed by atoms with van der Waals surface area (Å²) in [6.45, 7) is 2.31. The molecule has 4 heteroatoms. The normalized spacial score (nSPS) is 14.8. The molecule has 0 fully saturated rings. The van der Waals surface area contributed by atoms with E-state index in [0.717, 1.165) is 17.7 Å². The van der Waals surface area contributed by atoms with Crippen LogP contribution in [0.15, 0.2) is 53.5 Å². The molecule has 0 radical (unpaired) electrons. The second-order valence-electron chi connectivity index (χ2n) is 5.83. The minimum atomic E-state index is -0.752. The highest BCUT2D eigenvalue weighted by Crippen LogP contribution is 2.27. The van der Waals surface area contributed by atoms with E-state index in [1.807, 2.05) is 24.3 Å². The molecule has 0 aromatic heterocycles. The van der Waals surface area contributed by atoms with E-state index in [1.165, 1.54) is 0 Å². The first kappa shape index (κ1) is 16.1. The average Bonchev–Trinajstić information content (AvgIpc) is 2.87. The molecule has 122 valence electrons. The second kappa shape index (κ2) is 6.79. The van der Waals surface area contributed by atoms with Crippen LogP contribution in [0.3, 0.4) is 0 Å². The molecule has 0 heterocycles. The highest BCUT2D eigenvalue weighted by Gasteiger charge is 2.39. The molecular formula is C20H19NO3. The number of ketones is 2. The Labute approximate surface area is 141 Å². The second-order valence-corrected chi connectivity index (χ2v) is 5.83. The van der Waals surface area contributed by atoms with Gasteiger partial charge in [-0.2, -0.15) is 0 Å². The molecule has 3 rings (SSSR count). The van der Waals surface area contributed by atoms with E-state index >= 15 is 0 Å². The first-order valence-electron chi connectivity index (χ1n) is 7.93. The van der Waals surface area contributed by atoms with E-state index < -0.39 is 5.92 Å². The zero-order valence-electron chi connectivity index (χ0n) is 13.8. The molecule has 4 nitrogen and oxygen atoms in total. The van der Waals surface area contributed by atoms with E-state index in [1.54, 1.807) is 38.3 Å². The van der Waals surface area contributed by atoms with Crippen LogP contribution in [0.5, 0.6) is 5.75 Å². The van der Waals surface area contributed by atoms with Crippen molar-refractivity contribution >= 4 is 17.3 Å². The molecule has 0 atom stereocenters. The molecule has 0 aliphatic heterocycles. The summed E-state index contributed by atoms with van der Waals surface area (Å²) in [7, 11) is 1.64. The van der Waals surface area contributed by atoms with Crippen LogP contribution in [0, 0.1) is 5.92 Å². The predicted octanol–water partition coefficient (Wildman–Crippen LogP) is 3.39. The third-order valence-electron chi connectivity index (χ3n) is 4.32. The summed E-state index contributed by atoms with van der Waals surface area (Å²) in [5.74, 6) is -0.209. The first-order chi connectivity index (χ1) is 11.6. The largest absolute Gasteiger partial charge is 0.497 e. The van der Waals surface area contributed by atoms with Crippen molar-refractivity contribution in [3.8, 4) is 5.75 Å². The molecule has 2 aromatic rings. The van der Waals surface area contributed by atoms with E-state index in [-0.39, 0.29) is 11.6 Å². The van der Waals surface area contributed by atoms with Crippen LogP contribution < -0.4 is 4.74 Å². The van der Waals surface area contributed by atoms with E-state index in [0.29, 0.717) is 23.4 Å². The Hall–Kier alpha value is -2.75. The number of fused-ring (bicyclic) bond motifs is 1. The summed E-state index contributed by atoms with van der Waals surface area (Å²) in [4.78, 5) is 29.3. The topological polar surface area (TPSA) is 55.7 Å². The molecule has 0 bridgehead atoms. The number of Topliss-reactive ketones (excluding diaryl/α,β-unsaturated/α-hetero) is 2. The summed E-state index contributed by atoms with van der Waals surface area (Å²) in [6.07, 6.45) is 0.753. The molecular weight excluding hydrogens is 302 g/mol. The molecule has 1 aliphatic rings. The lowest BCUT2D eigenvalue weighted by molar-refractivity contribution is 0.0883. The van der Waals surface area contributed by atoms with Gasteiger partial charge in [-0.15, -0.1) is 0 Å². The van der Waals surface area contributed by atoms with Crippen LogP contribution in [0.1, 0.15) is 33.2 Å². The first-order valence-corrected chi connectivity index (χ1v) is 7.93. The van der Waals surface area contributed by atoms with Gasteiger partial charge in [0.1, 0.15) is 11.7 Å². The molecule has 0 unspecified atom stereocenters. The van der Waals surface area contributed by atoms with Crippen molar-refractivity contribution in [3.63, 3.8) is 0 Å². The lowest BCUT2D eigenvalue weighted by Crippen LogP contribution is -2.23. The van der Waals surface area contributed by atoms with Crippen molar-refractivity contribution < 1.29 is 14.3 Å². The number of ether oxygens (including phenoxy) is 1. The van der Waals surface area contributed by atoms with Crippen LogP contribution in [0.25, 0.3) is 0 Å². The summed E-state index contributed by atoms with van der Waals surface area (Å²) < 4.78 is 5.13. The predicted molar refractivity (Wildman–Crippen MR) is 93.3 cm³/mol. The van der Waals surface area contributed by atoms with Gasteiger partial charge in [-0.05, 0) is 31.0 Å². The molecule has 0 spiro atoms. The van der Waals surface area contributed by atoms with Crippen molar-refractivity contribution in [2.45, 2.75) is 13.3 Å². The van der Waals surface area contributed by atoms with Crippen molar-refractivity contribution in [1.29, 1.82) is 0 Å². The maximum Gasteiger partial charge on any atom is 0.180 e. The Bertz CT molecular complexity index is 771. The number of hydrogen-bond acceptors (Lipinski definition) is 4. The molecule has 0 N–H and O–H groups in total. The number of carbonyl (C=O) groups excluding carboxylic acids is 2. The highest BCUT2D eigenvalue weighted by molar-refractivity contribution is 6.36. The van der Waals surface area contributed by atoms with Crippen LogP contribution in [0.2, 0.25) is 0 Å². The summed E-state index contributed by atoms with van der Waals surface area (Å²) in [5.41, 5.74) is 2.75. The number of nitrogens with zero attached hydrogens (tertiary/aromatic N) is 1. The number of benzene rings is 2. The Morgan fingerprint density at radius 1 is 1.00 bits per heavy atom. The van der Waals surface area contributed by atoms with E-state index in [2.05, 4.69) is 4.99 Å². The van der Waals surface area contributed by atoms with Crippen molar-refractivity contribution in [2.24, 2.45) is 10.9 Å². The SMILES string of the molecule is COc1ccc(CCN=C(C)C2C(=O)c3ccccc3C2=O)cc1. The van der Waals surface area contributed by atoms with Gasteiger partial charge >= 0.3 is 0 Å². The van der Waals surface area contributed by atoms with Crippen LogP contribution in [-0.4, -0.2) is 30.9 Å². The fourth-order valence-electron chi connectivity index (χ4n) is 2.97. The zero-order chi connectivity index (χ0) is 17.1. The fourth-order valence-corrected chi connectivity index (χ4v) is 2.97. The van der Waals surface area contributed by atoms with Gasteiger partial charge in [0.05, 0.1) is 7.11 Å². The number of rotatable bonds is 5. The van der Waals surface area contributed by atoms with Gasteiger partial charge in [-0.1, -0.05) is 36.4 Å². The summed E-state index contributed by atoms with van der Waals surface area (Å²) >= 11 is 0. The van der Waals surface area contributed by atoms with Gasteiger partial charge in [0.15, 0.2) is 11.6 Å². The number of methoxy groups -OCH3 is 1. The standard InChI is InChI=1S/C20H19NO3/c1-13(21-12-11-14-7-9-15(24-2)10-8-14)18-19(22)16-5-3-4-6-17(16)20(18)23/h3-10,18H,11-12H2,1-2H3. The summed E-state index contributed by atoms with van der Waals surface area (Å²) in [6, 6.07) is 14.8. The minimum Gasteiger partial charge on any atom is -0.497 e. The number of carbonyl (C=O) groups is 2. The lowest BCUT2D eigenvalue weighted by Gasteiger charge is -2.07. The van der Waals surface area contributed by atoms with Gasteiger partial charge < -0.3 is 4.74 Å². The molecule has 0 saturated carbocycles. The van der Waals surface area contributed by atoms with Crippen molar-refractivity contribution in [1.82, 2.24) is 0 Å². The maximum absolute atomic E-state index is 12.4. The van der Waals surface area contributed by atoms with Gasteiger partial charge in [-0.3, -0.25) is 14.6 Å². The smallest absolute Gasteiger partial charge is 0.180 e. The lowest BCUT2D eigenvalue weighted by atomic mass is 9.99. The highest BCUT2D eigenvalue weighted by atomic mass is 16.5. The third-order valence-corrected chi connectivity index (χ3v) is 4.32. The summed E-state index contributed by atoms with van der Waals surface area (Å²) in [5, 5.41) is 0. The Kier molecular flexibility index (Phi) is 4.56. The van der Waals surface area contributed by atoms with Crippen molar-refractivity contribution in [3.05, 3.63) is 65.2 Å².